The summed E-state index contributed by atoms with van der Waals surface area (Å²) >= 11 is 0. The van der Waals surface area contributed by atoms with Crippen molar-refractivity contribution in [2.45, 2.75) is 64.1 Å². The number of nitrogens with zero attached hydrogens (tertiary/aromatic N) is 2. The Kier molecular flexibility index (Phi) is 5.71. The van der Waals surface area contributed by atoms with Crippen LogP contribution in [0.25, 0.3) is 0 Å². The number of amides is 2. The van der Waals surface area contributed by atoms with Gasteiger partial charge in [0.2, 0.25) is 11.8 Å². The monoisotopic (exact) mass is 378 g/mol. The zero-order valence-corrected chi connectivity index (χ0v) is 16.7. The standard InChI is InChI=1S/C20H34N4O3/c1-13(2)20(26)23-7-5-16(6-8-23)22-19(25)14-3-4-15-10-21-24(18(15)9-14)17-11-27-12-17/h13-18,21H,3-12H2,1-2H3,(H,22,25). The molecular weight excluding hydrogens is 344 g/mol. The van der Waals surface area contributed by atoms with Gasteiger partial charge in [0.05, 0.1) is 19.3 Å². The van der Waals surface area contributed by atoms with Crippen molar-refractivity contribution in [1.29, 1.82) is 0 Å². The van der Waals surface area contributed by atoms with Gasteiger partial charge in [0.1, 0.15) is 0 Å². The van der Waals surface area contributed by atoms with Crippen LogP contribution in [0.3, 0.4) is 0 Å². The second kappa shape index (κ2) is 8.05. The maximum atomic E-state index is 12.9. The Morgan fingerprint density at radius 2 is 1.85 bits per heavy atom. The van der Waals surface area contributed by atoms with Crippen LogP contribution >= 0.6 is 0 Å². The molecule has 0 spiro atoms. The van der Waals surface area contributed by atoms with Crippen LogP contribution in [0, 0.1) is 17.8 Å². The highest BCUT2D eigenvalue weighted by molar-refractivity contribution is 5.79. The molecule has 1 saturated carbocycles. The fourth-order valence-electron chi connectivity index (χ4n) is 5.08. The molecule has 4 rings (SSSR count). The van der Waals surface area contributed by atoms with Crippen molar-refractivity contribution in [2.75, 3.05) is 32.8 Å². The number of carbonyl (C=O) groups is 2. The number of rotatable bonds is 4. The topological polar surface area (TPSA) is 73.9 Å². The van der Waals surface area contributed by atoms with Gasteiger partial charge in [-0.3, -0.25) is 15.0 Å². The summed E-state index contributed by atoms with van der Waals surface area (Å²) in [7, 11) is 0. The van der Waals surface area contributed by atoms with Gasteiger partial charge in [0.25, 0.3) is 0 Å². The number of fused-ring (bicyclic) bond motifs is 1. The largest absolute Gasteiger partial charge is 0.378 e. The van der Waals surface area contributed by atoms with E-state index in [1.807, 2.05) is 18.7 Å². The Labute approximate surface area is 162 Å². The first-order valence-electron chi connectivity index (χ1n) is 10.7. The summed E-state index contributed by atoms with van der Waals surface area (Å²) in [6, 6.07) is 1.16. The van der Waals surface area contributed by atoms with Gasteiger partial charge in [-0.1, -0.05) is 13.8 Å². The van der Waals surface area contributed by atoms with Crippen molar-refractivity contribution in [1.82, 2.24) is 20.7 Å². The molecule has 7 heteroatoms. The van der Waals surface area contributed by atoms with E-state index in [-0.39, 0.29) is 29.7 Å². The summed E-state index contributed by atoms with van der Waals surface area (Å²) in [6.45, 7) is 8.07. The van der Waals surface area contributed by atoms with Gasteiger partial charge in [-0.05, 0) is 38.0 Å². The minimum atomic E-state index is 0.0513. The summed E-state index contributed by atoms with van der Waals surface area (Å²) < 4.78 is 5.35. The molecule has 152 valence electrons. The van der Waals surface area contributed by atoms with Crippen molar-refractivity contribution in [3.63, 3.8) is 0 Å². The smallest absolute Gasteiger partial charge is 0.225 e. The van der Waals surface area contributed by atoms with Gasteiger partial charge >= 0.3 is 0 Å². The molecule has 3 aliphatic heterocycles. The second-order valence-corrected chi connectivity index (χ2v) is 9.06. The third-order valence-corrected chi connectivity index (χ3v) is 6.88. The van der Waals surface area contributed by atoms with Crippen molar-refractivity contribution >= 4 is 11.8 Å². The first-order valence-corrected chi connectivity index (χ1v) is 10.7. The minimum absolute atomic E-state index is 0.0513. The summed E-state index contributed by atoms with van der Waals surface area (Å²) in [5.74, 6) is 1.28. The Morgan fingerprint density at radius 1 is 1.11 bits per heavy atom. The molecule has 0 aromatic rings. The van der Waals surface area contributed by atoms with E-state index in [1.54, 1.807) is 0 Å². The average molecular weight is 379 g/mol. The lowest BCUT2D eigenvalue weighted by atomic mass is 9.78. The van der Waals surface area contributed by atoms with Crippen molar-refractivity contribution in [3.8, 4) is 0 Å². The van der Waals surface area contributed by atoms with E-state index in [9.17, 15) is 9.59 Å². The van der Waals surface area contributed by atoms with E-state index >= 15 is 0 Å². The minimum Gasteiger partial charge on any atom is -0.378 e. The lowest BCUT2D eigenvalue weighted by Gasteiger charge is -2.42. The van der Waals surface area contributed by atoms with E-state index in [4.69, 9.17) is 4.74 Å². The molecule has 3 heterocycles. The SMILES string of the molecule is CC(C)C(=O)N1CCC(NC(=O)C2CCC3CNN(C4COC4)C3C2)CC1. The second-order valence-electron chi connectivity index (χ2n) is 9.06. The Hall–Kier alpha value is -1.18. The van der Waals surface area contributed by atoms with E-state index in [1.165, 1.54) is 0 Å². The third-order valence-electron chi connectivity index (χ3n) is 6.88. The molecule has 1 aliphatic carbocycles. The molecule has 0 aromatic carbocycles. The van der Waals surface area contributed by atoms with E-state index in [0.717, 1.165) is 65.0 Å². The van der Waals surface area contributed by atoms with Crippen LogP contribution in [0.2, 0.25) is 0 Å². The van der Waals surface area contributed by atoms with Crippen LogP contribution in [0.1, 0.15) is 46.0 Å². The zero-order chi connectivity index (χ0) is 19.0. The molecule has 3 atom stereocenters. The van der Waals surface area contributed by atoms with E-state index in [2.05, 4.69) is 15.8 Å². The number of ether oxygens (including phenoxy) is 1. The molecule has 0 aromatic heterocycles. The summed E-state index contributed by atoms with van der Waals surface area (Å²) in [5, 5.41) is 5.67. The van der Waals surface area contributed by atoms with Crippen LogP contribution < -0.4 is 10.7 Å². The number of hydrazine groups is 1. The van der Waals surface area contributed by atoms with Crippen LogP contribution in [-0.2, 0) is 14.3 Å². The van der Waals surface area contributed by atoms with Crippen molar-refractivity contribution in [3.05, 3.63) is 0 Å². The highest BCUT2D eigenvalue weighted by Gasteiger charge is 2.45. The number of hydrogen-bond donors (Lipinski definition) is 2. The third kappa shape index (κ3) is 4.00. The van der Waals surface area contributed by atoms with Gasteiger partial charge < -0.3 is 15.0 Å². The van der Waals surface area contributed by atoms with Crippen LogP contribution in [0.5, 0.6) is 0 Å². The lowest BCUT2D eigenvalue weighted by Crippen LogP contribution is -2.57. The number of piperidine rings is 1. The molecule has 4 fully saturated rings. The Morgan fingerprint density at radius 3 is 2.48 bits per heavy atom. The van der Waals surface area contributed by atoms with Gasteiger partial charge in [0.15, 0.2) is 0 Å². The quantitative estimate of drug-likeness (QED) is 0.755. The molecule has 27 heavy (non-hydrogen) atoms. The van der Waals surface area contributed by atoms with Crippen molar-refractivity contribution < 1.29 is 14.3 Å². The molecule has 2 amide bonds. The number of carbonyl (C=O) groups excluding carboxylic acids is 2. The van der Waals surface area contributed by atoms with E-state index in [0.29, 0.717) is 18.0 Å². The molecule has 0 bridgehead atoms. The number of likely N-dealkylation sites (tertiary alicyclic amines) is 1. The fourth-order valence-corrected chi connectivity index (χ4v) is 5.08. The summed E-state index contributed by atoms with van der Waals surface area (Å²) in [6.07, 6.45) is 4.81. The van der Waals surface area contributed by atoms with Gasteiger partial charge in [0, 0.05) is 43.6 Å². The van der Waals surface area contributed by atoms with E-state index < -0.39 is 0 Å². The average Bonchev–Trinajstić information content (AvgIpc) is 3.03. The van der Waals surface area contributed by atoms with Crippen LogP contribution in [-0.4, -0.2) is 72.7 Å². The summed E-state index contributed by atoms with van der Waals surface area (Å²) in [5.41, 5.74) is 3.55. The predicted octanol–water partition coefficient (Wildman–Crippen LogP) is 0.754. The molecule has 3 unspecified atom stereocenters. The molecular formula is C20H34N4O3. The normalized spacial score (nSPS) is 33.0. The molecule has 2 N–H and O–H groups in total. The number of nitrogens with one attached hydrogen (secondary N) is 2. The molecule has 0 radical (unpaired) electrons. The van der Waals surface area contributed by atoms with Crippen molar-refractivity contribution in [2.24, 2.45) is 17.8 Å². The molecule has 4 aliphatic rings. The highest BCUT2D eigenvalue weighted by Crippen LogP contribution is 2.36. The first kappa shape index (κ1) is 19.2. The maximum Gasteiger partial charge on any atom is 0.225 e. The molecule has 3 saturated heterocycles. The maximum absolute atomic E-state index is 12.9. The first-order chi connectivity index (χ1) is 13.0. The Bertz CT molecular complexity index is 557. The highest BCUT2D eigenvalue weighted by atomic mass is 16.5. The predicted molar refractivity (Wildman–Crippen MR) is 102 cm³/mol. The Balaban J connectivity index is 1.26. The molecule has 7 nitrogen and oxygen atoms in total. The van der Waals surface area contributed by atoms with Crippen LogP contribution in [0.4, 0.5) is 0 Å². The van der Waals surface area contributed by atoms with Gasteiger partial charge in [-0.2, -0.15) is 0 Å². The fraction of sp³-hybridized carbons (Fsp3) is 0.900. The summed E-state index contributed by atoms with van der Waals surface area (Å²) in [4.78, 5) is 26.9. The zero-order valence-electron chi connectivity index (χ0n) is 16.7. The van der Waals surface area contributed by atoms with Gasteiger partial charge in [-0.15, -0.1) is 0 Å². The lowest BCUT2D eigenvalue weighted by molar-refractivity contribution is -0.135. The van der Waals surface area contributed by atoms with Crippen LogP contribution in [0.15, 0.2) is 0 Å². The number of hydrogen-bond acceptors (Lipinski definition) is 5. The van der Waals surface area contributed by atoms with Gasteiger partial charge in [-0.25, -0.2) is 5.01 Å².